The predicted molar refractivity (Wildman–Crippen MR) is 76.8 cm³/mol. The third-order valence-corrected chi connectivity index (χ3v) is 4.59. The molecule has 1 saturated heterocycles. The Morgan fingerprint density at radius 2 is 1.78 bits per heavy atom. The van der Waals surface area contributed by atoms with E-state index in [1.165, 1.54) is 43.6 Å². The fraction of sp³-hybridized carbons (Fsp3) is 0.625. The van der Waals surface area contributed by atoms with Crippen LogP contribution in [0.3, 0.4) is 0 Å². The number of benzene rings is 1. The van der Waals surface area contributed by atoms with Crippen LogP contribution in [0.2, 0.25) is 0 Å². The second-order valence-corrected chi connectivity index (χ2v) is 6.20. The van der Waals surface area contributed by atoms with Crippen molar-refractivity contribution in [1.29, 1.82) is 0 Å². The van der Waals surface area contributed by atoms with E-state index < -0.39 is 0 Å². The van der Waals surface area contributed by atoms with Crippen LogP contribution in [0.25, 0.3) is 0 Å². The number of rotatable bonds is 3. The summed E-state index contributed by atoms with van der Waals surface area (Å²) in [6, 6.07) is 9.29. The number of nitrogens with zero attached hydrogens (tertiary/aromatic N) is 1. The summed E-state index contributed by atoms with van der Waals surface area (Å²) < 4.78 is 0. The molecule has 2 aliphatic rings. The number of hydrogen-bond donors (Lipinski definition) is 1. The highest BCUT2D eigenvalue weighted by Gasteiger charge is 2.35. The van der Waals surface area contributed by atoms with Crippen LogP contribution >= 0.6 is 0 Å². The van der Waals surface area contributed by atoms with Crippen molar-refractivity contribution in [2.75, 3.05) is 18.0 Å². The van der Waals surface area contributed by atoms with Gasteiger partial charge in [0.05, 0.1) is 0 Å². The van der Waals surface area contributed by atoms with Crippen molar-refractivity contribution in [2.45, 2.75) is 38.6 Å². The predicted octanol–water partition coefficient (Wildman–Crippen LogP) is 2.81. The van der Waals surface area contributed by atoms with Gasteiger partial charge in [-0.15, -0.1) is 0 Å². The lowest BCUT2D eigenvalue weighted by molar-refractivity contribution is 0.494. The van der Waals surface area contributed by atoms with Gasteiger partial charge in [-0.05, 0) is 55.7 Å². The Balaban J connectivity index is 1.66. The second-order valence-electron chi connectivity index (χ2n) is 6.20. The number of nitrogens with two attached hydrogens (primary N) is 1. The third kappa shape index (κ3) is 2.39. The smallest absolute Gasteiger partial charge is 0.0366 e. The van der Waals surface area contributed by atoms with Crippen LogP contribution in [-0.4, -0.2) is 19.1 Å². The van der Waals surface area contributed by atoms with Crippen LogP contribution in [0, 0.1) is 11.8 Å². The molecule has 18 heavy (non-hydrogen) atoms. The van der Waals surface area contributed by atoms with Crippen molar-refractivity contribution in [3.63, 3.8) is 0 Å². The van der Waals surface area contributed by atoms with E-state index in [9.17, 15) is 0 Å². The Morgan fingerprint density at radius 3 is 2.33 bits per heavy atom. The summed E-state index contributed by atoms with van der Waals surface area (Å²) in [7, 11) is 0. The van der Waals surface area contributed by atoms with Crippen LogP contribution in [0.4, 0.5) is 5.69 Å². The summed E-state index contributed by atoms with van der Waals surface area (Å²) in [5.74, 6) is 1.93. The quantitative estimate of drug-likeness (QED) is 0.886. The van der Waals surface area contributed by atoms with Crippen molar-refractivity contribution in [3.05, 3.63) is 29.8 Å². The summed E-state index contributed by atoms with van der Waals surface area (Å²) in [6.07, 6.45) is 5.33. The molecule has 1 aromatic carbocycles. The Hall–Kier alpha value is -1.02. The molecular formula is C16H24N2. The number of anilines is 1. The second kappa shape index (κ2) is 4.93. The minimum atomic E-state index is 0.252. The lowest BCUT2D eigenvalue weighted by Gasteiger charge is -2.20. The molecule has 3 atom stereocenters. The molecular weight excluding hydrogens is 220 g/mol. The standard InChI is InChI=1S/C16H24N2/c1-12(17)9-13-5-7-16(8-6-13)18-10-14-3-2-4-15(14)11-18/h5-8,12,14-15H,2-4,9-11,17H2,1H3. The lowest BCUT2D eigenvalue weighted by Crippen LogP contribution is -2.21. The maximum atomic E-state index is 5.84. The molecule has 1 aliphatic carbocycles. The van der Waals surface area contributed by atoms with Crippen LogP contribution < -0.4 is 10.6 Å². The zero-order valence-corrected chi connectivity index (χ0v) is 11.3. The van der Waals surface area contributed by atoms with Crippen molar-refractivity contribution < 1.29 is 0 Å². The highest BCUT2D eigenvalue weighted by Crippen LogP contribution is 2.39. The van der Waals surface area contributed by atoms with Gasteiger partial charge in [0, 0.05) is 24.8 Å². The van der Waals surface area contributed by atoms with Gasteiger partial charge in [0.15, 0.2) is 0 Å². The molecule has 2 nitrogen and oxygen atoms in total. The van der Waals surface area contributed by atoms with Crippen LogP contribution in [-0.2, 0) is 6.42 Å². The van der Waals surface area contributed by atoms with Crippen LogP contribution in [0.5, 0.6) is 0 Å². The first kappa shape index (κ1) is 12.0. The highest BCUT2D eigenvalue weighted by atomic mass is 15.2. The van der Waals surface area contributed by atoms with Crippen LogP contribution in [0.1, 0.15) is 31.7 Å². The number of fused-ring (bicyclic) bond motifs is 1. The van der Waals surface area contributed by atoms with Gasteiger partial charge in [-0.25, -0.2) is 0 Å². The first-order valence-corrected chi connectivity index (χ1v) is 7.32. The molecule has 2 fully saturated rings. The minimum absolute atomic E-state index is 0.252. The molecule has 1 aromatic rings. The maximum Gasteiger partial charge on any atom is 0.0366 e. The van der Waals surface area contributed by atoms with E-state index in [-0.39, 0.29) is 6.04 Å². The van der Waals surface area contributed by atoms with Gasteiger partial charge in [-0.3, -0.25) is 0 Å². The average molecular weight is 244 g/mol. The summed E-state index contributed by atoms with van der Waals surface area (Å²) in [6.45, 7) is 4.62. The zero-order chi connectivity index (χ0) is 12.5. The minimum Gasteiger partial charge on any atom is -0.371 e. The molecule has 2 N–H and O–H groups in total. The van der Waals surface area contributed by atoms with E-state index in [0.29, 0.717) is 0 Å². The first-order chi connectivity index (χ1) is 8.72. The van der Waals surface area contributed by atoms with Crippen molar-refractivity contribution >= 4 is 5.69 Å². The summed E-state index contributed by atoms with van der Waals surface area (Å²) in [4.78, 5) is 2.57. The van der Waals surface area contributed by atoms with Gasteiger partial charge in [0.1, 0.15) is 0 Å². The van der Waals surface area contributed by atoms with E-state index in [1.54, 1.807) is 0 Å². The summed E-state index contributed by atoms with van der Waals surface area (Å²) in [5, 5.41) is 0. The molecule has 3 rings (SSSR count). The van der Waals surface area contributed by atoms with Crippen LogP contribution in [0.15, 0.2) is 24.3 Å². The third-order valence-electron chi connectivity index (χ3n) is 4.59. The molecule has 1 saturated carbocycles. The fourth-order valence-electron chi connectivity index (χ4n) is 3.66. The van der Waals surface area contributed by atoms with E-state index in [0.717, 1.165) is 18.3 Å². The fourth-order valence-corrected chi connectivity index (χ4v) is 3.66. The Kier molecular flexibility index (Phi) is 3.29. The lowest BCUT2D eigenvalue weighted by atomic mass is 10.0. The van der Waals surface area contributed by atoms with Gasteiger partial charge < -0.3 is 10.6 Å². The molecule has 3 unspecified atom stereocenters. The Bertz CT molecular complexity index is 384. The van der Waals surface area contributed by atoms with E-state index in [1.807, 2.05) is 0 Å². The van der Waals surface area contributed by atoms with Crippen molar-refractivity contribution in [3.8, 4) is 0 Å². The maximum absolute atomic E-state index is 5.84. The van der Waals surface area contributed by atoms with Gasteiger partial charge in [-0.1, -0.05) is 18.6 Å². The van der Waals surface area contributed by atoms with Gasteiger partial charge in [-0.2, -0.15) is 0 Å². The molecule has 0 spiro atoms. The van der Waals surface area contributed by atoms with E-state index in [4.69, 9.17) is 5.73 Å². The molecule has 2 heteroatoms. The molecule has 1 aliphatic heterocycles. The van der Waals surface area contributed by atoms with E-state index in [2.05, 4.69) is 36.1 Å². The van der Waals surface area contributed by atoms with Gasteiger partial charge in [0.2, 0.25) is 0 Å². The molecule has 0 amide bonds. The normalized spacial score (nSPS) is 28.4. The topological polar surface area (TPSA) is 29.3 Å². The van der Waals surface area contributed by atoms with Gasteiger partial charge >= 0.3 is 0 Å². The summed E-state index contributed by atoms with van der Waals surface area (Å²) >= 11 is 0. The SMILES string of the molecule is CC(N)Cc1ccc(N2CC3CCCC3C2)cc1. The molecule has 0 bridgehead atoms. The first-order valence-electron chi connectivity index (χ1n) is 7.32. The Morgan fingerprint density at radius 1 is 1.17 bits per heavy atom. The average Bonchev–Trinajstić information content (AvgIpc) is 2.89. The molecule has 98 valence electrons. The summed E-state index contributed by atoms with van der Waals surface area (Å²) in [5.41, 5.74) is 8.59. The Labute approximate surface area is 110 Å². The van der Waals surface area contributed by atoms with Gasteiger partial charge in [0.25, 0.3) is 0 Å². The largest absolute Gasteiger partial charge is 0.371 e. The highest BCUT2D eigenvalue weighted by molar-refractivity contribution is 5.49. The number of hydrogen-bond acceptors (Lipinski definition) is 2. The monoisotopic (exact) mass is 244 g/mol. The van der Waals surface area contributed by atoms with E-state index >= 15 is 0 Å². The van der Waals surface area contributed by atoms with Crippen molar-refractivity contribution in [1.82, 2.24) is 0 Å². The molecule has 1 heterocycles. The zero-order valence-electron chi connectivity index (χ0n) is 11.3. The molecule has 0 aromatic heterocycles. The van der Waals surface area contributed by atoms with Crippen molar-refractivity contribution in [2.24, 2.45) is 17.6 Å². The molecule has 0 radical (unpaired) electrons.